The Morgan fingerprint density at radius 2 is 0.982 bits per heavy atom. The van der Waals surface area contributed by atoms with Crippen LogP contribution in [0.15, 0.2) is 195 Å². The molecule has 264 valence electrons. The smallest absolute Gasteiger partial charge is 0.0963 e. The Bertz CT molecular complexity index is 3430. The first-order valence-electron chi connectivity index (χ1n) is 19.3. The van der Waals surface area contributed by atoms with Crippen molar-refractivity contribution in [3.63, 3.8) is 0 Å². The average molecular weight is 725 g/mol. The van der Waals surface area contributed by atoms with Gasteiger partial charge in [0.05, 0.1) is 27.9 Å². The van der Waals surface area contributed by atoms with Crippen LogP contribution in [0.25, 0.3) is 115 Å². The highest BCUT2D eigenvalue weighted by Gasteiger charge is 2.17. The largest absolute Gasteiger partial charge is 0.308 e. The zero-order chi connectivity index (χ0) is 37.5. The predicted octanol–water partition coefficient (Wildman–Crippen LogP) is 13.7. The maximum atomic E-state index is 5.00. The molecule has 8 aromatic carbocycles. The van der Waals surface area contributed by atoms with Crippen LogP contribution in [0.2, 0.25) is 0 Å². The van der Waals surface area contributed by atoms with Gasteiger partial charge >= 0.3 is 0 Å². The third kappa shape index (κ3) is 4.98. The summed E-state index contributed by atoms with van der Waals surface area (Å²) in [7, 11) is 0. The Morgan fingerprint density at radius 1 is 0.351 bits per heavy atom. The van der Waals surface area contributed by atoms with Gasteiger partial charge in [0.25, 0.3) is 0 Å². The average Bonchev–Trinajstić information content (AvgIpc) is 3.62. The van der Waals surface area contributed by atoms with Crippen LogP contribution in [0.3, 0.4) is 0 Å². The van der Waals surface area contributed by atoms with Gasteiger partial charge in [-0.25, -0.2) is 0 Å². The summed E-state index contributed by atoms with van der Waals surface area (Å²) in [5.74, 6) is 0. The fraction of sp³-hybridized carbons (Fsp3) is 0. The van der Waals surface area contributed by atoms with Crippen LogP contribution < -0.4 is 0 Å². The van der Waals surface area contributed by atoms with Crippen LogP contribution in [0.5, 0.6) is 0 Å². The Balaban J connectivity index is 0.955. The third-order valence-electron chi connectivity index (χ3n) is 11.7. The van der Waals surface area contributed by atoms with E-state index in [-0.39, 0.29) is 0 Å². The monoisotopic (exact) mass is 724 g/mol. The van der Waals surface area contributed by atoms with Gasteiger partial charge in [0.15, 0.2) is 0 Å². The van der Waals surface area contributed by atoms with Gasteiger partial charge in [-0.1, -0.05) is 127 Å². The lowest BCUT2D eigenvalue weighted by atomic mass is 9.90. The Hall–Kier alpha value is -7.69. The molecule has 0 bridgehead atoms. The number of nitrogens with zero attached hydrogens (tertiary/aromatic N) is 4. The van der Waals surface area contributed by atoms with Crippen molar-refractivity contribution in [3.05, 3.63) is 195 Å². The molecular formula is C53H32N4. The molecule has 0 N–H and O–H groups in total. The lowest BCUT2D eigenvalue weighted by molar-refractivity contribution is 1.18. The maximum Gasteiger partial charge on any atom is 0.0963 e. The molecule has 0 aliphatic rings. The summed E-state index contributed by atoms with van der Waals surface area (Å²) in [6.07, 6.45) is 5.84. The Labute approximate surface area is 328 Å². The molecule has 4 nitrogen and oxygen atoms in total. The lowest BCUT2D eigenvalue weighted by Crippen LogP contribution is -1.96. The van der Waals surface area contributed by atoms with Gasteiger partial charge in [0.2, 0.25) is 0 Å². The van der Waals surface area contributed by atoms with Gasteiger partial charge in [-0.3, -0.25) is 15.0 Å². The molecule has 0 saturated carbocycles. The summed E-state index contributed by atoms with van der Waals surface area (Å²) in [6.45, 7) is 0. The van der Waals surface area contributed by atoms with Crippen molar-refractivity contribution < 1.29 is 0 Å². The van der Waals surface area contributed by atoms with Crippen molar-refractivity contribution in [3.8, 4) is 50.5 Å². The minimum absolute atomic E-state index is 0.833. The van der Waals surface area contributed by atoms with Crippen LogP contribution in [0, 0.1) is 0 Å². The van der Waals surface area contributed by atoms with Crippen molar-refractivity contribution in [2.75, 3.05) is 0 Å². The number of pyridine rings is 3. The van der Waals surface area contributed by atoms with Crippen LogP contribution in [-0.2, 0) is 0 Å². The van der Waals surface area contributed by atoms with E-state index < -0.39 is 0 Å². The van der Waals surface area contributed by atoms with Gasteiger partial charge in [0, 0.05) is 40.8 Å². The SMILES string of the molecule is c1ccc2c(-c3cc(-c4ccc(-c5ccc(-c6ccc7ccc8cccc9ccc6c7c89)cn5)nc4)cc(-n4c5ccccc5c5ncccc54)c3)cccc2c1. The second-order valence-corrected chi connectivity index (χ2v) is 14.9. The molecular weight excluding hydrogens is 693 g/mol. The second-order valence-electron chi connectivity index (χ2n) is 14.9. The molecule has 12 aromatic rings. The van der Waals surface area contributed by atoms with Crippen LogP contribution >= 0.6 is 0 Å². The molecule has 0 atom stereocenters. The van der Waals surface area contributed by atoms with Crippen molar-refractivity contribution in [1.82, 2.24) is 19.5 Å². The quantitative estimate of drug-likeness (QED) is 0.166. The summed E-state index contributed by atoms with van der Waals surface area (Å²) in [6, 6.07) is 63.2. The van der Waals surface area contributed by atoms with E-state index in [1.165, 1.54) is 54.2 Å². The minimum atomic E-state index is 0.833. The van der Waals surface area contributed by atoms with E-state index >= 15 is 0 Å². The first-order chi connectivity index (χ1) is 28.2. The molecule has 0 saturated heterocycles. The fourth-order valence-electron chi connectivity index (χ4n) is 9.01. The summed E-state index contributed by atoms with van der Waals surface area (Å²) in [5, 5.41) is 11.2. The first kappa shape index (κ1) is 31.6. The normalized spacial score (nSPS) is 11.9. The molecule has 0 fully saturated rings. The molecule has 57 heavy (non-hydrogen) atoms. The molecule has 0 aliphatic carbocycles. The molecule has 0 spiro atoms. The first-order valence-corrected chi connectivity index (χ1v) is 19.3. The highest BCUT2D eigenvalue weighted by molar-refractivity contribution is 6.25. The van der Waals surface area contributed by atoms with Crippen molar-refractivity contribution >= 4 is 65.0 Å². The van der Waals surface area contributed by atoms with Crippen molar-refractivity contribution in [2.24, 2.45) is 0 Å². The standard InChI is InChI=1S/C53H32N4/c1-2-12-42-33(8-1)9-6-14-43(42)40-28-39(29-41(30-40)57-49-15-4-3-13-46(49)53-50(57)16-7-27-54-53)37-21-25-47(55-31-37)48-26-22-38(32-56-48)44-23-19-36-18-17-34-10-5-11-35-20-24-45(44)52(36)51(34)35/h1-32H. The number of benzene rings is 8. The zero-order valence-corrected chi connectivity index (χ0v) is 30.8. The number of aromatic nitrogens is 4. The second kappa shape index (κ2) is 12.4. The number of hydrogen-bond acceptors (Lipinski definition) is 3. The van der Waals surface area contributed by atoms with Gasteiger partial charge in [-0.15, -0.1) is 0 Å². The molecule has 4 aromatic heterocycles. The van der Waals surface area contributed by atoms with E-state index in [0.29, 0.717) is 0 Å². The zero-order valence-electron chi connectivity index (χ0n) is 30.8. The van der Waals surface area contributed by atoms with Gasteiger partial charge in [0.1, 0.15) is 0 Å². The van der Waals surface area contributed by atoms with E-state index in [1.54, 1.807) is 0 Å². The highest BCUT2D eigenvalue weighted by atomic mass is 15.0. The van der Waals surface area contributed by atoms with Crippen molar-refractivity contribution in [2.45, 2.75) is 0 Å². The molecule has 0 amide bonds. The number of rotatable bonds is 5. The Kier molecular flexibility index (Phi) is 6.89. The van der Waals surface area contributed by atoms with Gasteiger partial charge < -0.3 is 4.57 Å². The van der Waals surface area contributed by atoms with E-state index in [2.05, 4.69) is 174 Å². The van der Waals surface area contributed by atoms with Crippen LogP contribution in [0.1, 0.15) is 0 Å². The molecule has 0 aliphatic heterocycles. The summed E-state index contributed by atoms with van der Waals surface area (Å²) < 4.78 is 2.34. The highest BCUT2D eigenvalue weighted by Crippen LogP contribution is 2.40. The summed E-state index contributed by atoms with van der Waals surface area (Å²) >= 11 is 0. The van der Waals surface area contributed by atoms with Gasteiger partial charge in [-0.05, 0) is 114 Å². The van der Waals surface area contributed by atoms with E-state index in [1.807, 2.05) is 24.7 Å². The Morgan fingerprint density at radius 3 is 1.81 bits per heavy atom. The van der Waals surface area contributed by atoms with E-state index in [0.717, 1.165) is 61.3 Å². The van der Waals surface area contributed by atoms with Crippen LogP contribution in [-0.4, -0.2) is 19.5 Å². The van der Waals surface area contributed by atoms with Gasteiger partial charge in [-0.2, -0.15) is 0 Å². The summed E-state index contributed by atoms with van der Waals surface area (Å²) in [4.78, 5) is 14.8. The molecule has 12 rings (SSSR count). The number of fused-ring (bicyclic) bond motifs is 4. The third-order valence-corrected chi connectivity index (χ3v) is 11.7. The van der Waals surface area contributed by atoms with Crippen molar-refractivity contribution in [1.29, 1.82) is 0 Å². The van der Waals surface area contributed by atoms with Crippen LogP contribution in [0.4, 0.5) is 0 Å². The topological polar surface area (TPSA) is 43.6 Å². The summed E-state index contributed by atoms with van der Waals surface area (Å²) in [5.41, 5.74) is 12.7. The molecule has 0 unspecified atom stereocenters. The van der Waals surface area contributed by atoms with E-state index in [9.17, 15) is 0 Å². The number of hydrogen-bond donors (Lipinski definition) is 0. The molecule has 4 heterocycles. The minimum Gasteiger partial charge on any atom is -0.308 e. The predicted molar refractivity (Wildman–Crippen MR) is 237 cm³/mol. The fourth-order valence-corrected chi connectivity index (χ4v) is 9.01. The van der Waals surface area contributed by atoms with E-state index in [4.69, 9.17) is 15.0 Å². The maximum absolute atomic E-state index is 5.00. The molecule has 0 radical (unpaired) electrons. The lowest BCUT2D eigenvalue weighted by Gasteiger charge is -2.15. The number of para-hydroxylation sites is 1. The molecule has 4 heteroatoms.